The van der Waals surface area contributed by atoms with Crippen molar-refractivity contribution in [2.45, 2.75) is 19.9 Å². The molecule has 0 bridgehead atoms. The van der Waals surface area contributed by atoms with Crippen molar-refractivity contribution >= 4 is 11.6 Å². The number of fused-ring (bicyclic) bond motifs is 2. The molecule has 3 aromatic rings. The van der Waals surface area contributed by atoms with Crippen LogP contribution in [0.25, 0.3) is 5.65 Å². The van der Waals surface area contributed by atoms with Crippen molar-refractivity contribution in [1.82, 2.24) is 24.4 Å². The predicted molar refractivity (Wildman–Crippen MR) is 110 cm³/mol. The summed E-state index contributed by atoms with van der Waals surface area (Å²) >= 11 is 0. The molecule has 3 atom stereocenters. The molecular weight excluding hydrogens is 366 g/mol. The minimum Gasteiger partial charge on any atom is -0.338 e. The van der Waals surface area contributed by atoms with E-state index in [0.29, 0.717) is 34.8 Å². The van der Waals surface area contributed by atoms with E-state index in [0.717, 1.165) is 19.6 Å². The molecule has 0 aliphatic carbocycles. The van der Waals surface area contributed by atoms with Crippen molar-refractivity contribution in [2.75, 3.05) is 26.7 Å². The summed E-state index contributed by atoms with van der Waals surface area (Å²) in [6.07, 6.45) is 1.60. The van der Waals surface area contributed by atoms with Crippen LogP contribution < -0.4 is 5.56 Å². The molecule has 2 saturated heterocycles. The number of H-pyrrole nitrogens is 1. The van der Waals surface area contributed by atoms with Crippen LogP contribution in [0, 0.1) is 25.7 Å². The molecule has 7 nitrogen and oxygen atoms in total. The third-order valence-electron chi connectivity index (χ3n) is 6.54. The highest BCUT2D eigenvalue weighted by Crippen LogP contribution is 2.45. The number of carbonyl (C=O) groups is 1. The zero-order valence-electron chi connectivity index (χ0n) is 16.9. The smallest absolute Gasteiger partial charge is 0.272 e. The summed E-state index contributed by atoms with van der Waals surface area (Å²) in [6, 6.07) is 10.3. The summed E-state index contributed by atoms with van der Waals surface area (Å²) in [6.45, 7) is 6.37. The van der Waals surface area contributed by atoms with Crippen LogP contribution in [-0.2, 0) is 0 Å². The van der Waals surface area contributed by atoms with Crippen molar-refractivity contribution in [3.05, 3.63) is 69.3 Å². The number of nitrogens with one attached hydrogen (secondary N) is 1. The highest BCUT2D eigenvalue weighted by molar-refractivity contribution is 5.99. The predicted octanol–water partition coefficient (Wildman–Crippen LogP) is 2.01. The molecule has 7 heteroatoms. The third-order valence-corrected chi connectivity index (χ3v) is 6.54. The van der Waals surface area contributed by atoms with Gasteiger partial charge in [-0.2, -0.15) is 0 Å². The molecule has 29 heavy (non-hydrogen) atoms. The van der Waals surface area contributed by atoms with E-state index in [9.17, 15) is 9.59 Å². The van der Waals surface area contributed by atoms with Crippen LogP contribution in [0.1, 0.15) is 33.2 Å². The van der Waals surface area contributed by atoms with Crippen molar-refractivity contribution in [3.63, 3.8) is 0 Å². The van der Waals surface area contributed by atoms with Gasteiger partial charge >= 0.3 is 0 Å². The second-order valence-electron chi connectivity index (χ2n) is 8.46. The number of nitrogens with zero attached hydrogens (tertiary/aromatic N) is 4. The molecule has 1 aromatic carbocycles. The molecule has 2 fully saturated rings. The fourth-order valence-corrected chi connectivity index (χ4v) is 5.23. The highest BCUT2D eigenvalue weighted by Gasteiger charge is 2.47. The van der Waals surface area contributed by atoms with Gasteiger partial charge in [0.05, 0.1) is 0 Å². The molecular formula is C22H25N5O2. The first kappa shape index (κ1) is 18.1. The van der Waals surface area contributed by atoms with Gasteiger partial charge in [0.1, 0.15) is 5.56 Å². The lowest BCUT2D eigenvalue weighted by molar-refractivity contribution is 0.0769. The third kappa shape index (κ3) is 2.80. The Balaban J connectivity index is 1.45. The average Bonchev–Trinajstić information content (AvgIpc) is 3.34. The van der Waals surface area contributed by atoms with Crippen molar-refractivity contribution in [1.29, 1.82) is 0 Å². The maximum Gasteiger partial charge on any atom is 0.272 e. The van der Waals surface area contributed by atoms with Crippen LogP contribution in [0.4, 0.5) is 0 Å². The fourth-order valence-electron chi connectivity index (χ4n) is 5.23. The lowest BCUT2D eigenvalue weighted by Crippen LogP contribution is -2.33. The summed E-state index contributed by atoms with van der Waals surface area (Å²) in [5.74, 6) is 0.811. The zero-order chi connectivity index (χ0) is 20.3. The Morgan fingerprint density at radius 3 is 2.76 bits per heavy atom. The summed E-state index contributed by atoms with van der Waals surface area (Å²) in [5, 5.41) is 2.87. The van der Waals surface area contributed by atoms with E-state index in [1.54, 1.807) is 13.1 Å². The standard InChI is InChI=1S/C22H25N5O2/c1-13-6-4-5-7-16(13)20-18-12-26(11-15(18)10-25(20)3)22(29)17-9-23-27-19(28)8-14(2)24-21(17)27/h4-9,15,18,20,23H,10-12H2,1-3H3/t15-,18+,20+/m0/s1. The Hall–Kier alpha value is -2.93. The molecule has 0 spiro atoms. The lowest BCUT2D eigenvalue weighted by Gasteiger charge is -2.28. The first-order valence-corrected chi connectivity index (χ1v) is 10.1. The Labute approximate surface area is 168 Å². The molecule has 1 amide bonds. The van der Waals surface area contributed by atoms with E-state index in [-0.39, 0.29) is 11.5 Å². The summed E-state index contributed by atoms with van der Waals surface area (Å²) in [4.78, 5) is 34.2. The molecule has 2 aromatic heterocycles. The van der Waals surface area contributed by atoms with E-state index in [4.69, 9.17) is 0 Å². The second kappa shape index (κ2) is 6.56. The van der Waals surface area contributed by atoms with Gasteiger partial charge in [-0.25, -0.2) is 9.50 Å². The molecule has 0 radical (unpaired) electrons. The van der Waals surface area contributed by atoms with Gasteiger partial charge in [-0.15, -0.1) is 0 Å². The Morgan fingerprint density at radius 1 is 1.17 bits per heavy atom. The number of hydrogen-bond donors (Lipinski definition) is 1. The Bertz CT molecular complexity index is 1160. The molecule has 0 unspecified atom stereocenters. The molecule has 2 aliphatic heterocycles. The summed E-state index contributed by atoms with van der Waals surface area (Å²) in [7, 11) is 2.18. The number of aromatic nitrogens is 3. The quantitative estimate of drug-likeness (QED) is 0.725. The Kier molecular flexibility index (Phi) is 4.10. The maximum atomic E-state index is 13.3. The van der Waals surface area contributed by atoms with E-state index >= 15 is 0 Å². The SMILES string of the molecule is Cc1cc(=O)n2[nH]cc(C(=O)N3C[C@@H]4CN(C)[C@H](c5ccccc5C)[C@@H]4C3)c2n1. The van der Waals surface area contributed by atoms with Crippen molar-refractivity contribution in [2.24, 2.45) is 11.8 Å². The maximum absolute atomic E-state index is 13.3. The van der Waals surface area contributed by atoms with Gasteiger partial charge in [0.25, 0.3) is 11.5 Å². The van der Waals surface area contributed by atoms with E-state index in [1.807, 2.05) is 4.90 Å². The number of amides is 1. The molecule has 1 N–H and O–H groups in total. The number of benzene rings is 1. The summed E-state index contributed by atoms with van der Waals surface area (Å²) < 4.78 is 1.33. The Morgan fingerprint density at radius 2 is 1.97 bits per heavy atom. The molecule has 2 aliphatic rings. The van der Waals surface area contributed by atoms with Gasteiger partial charge in [-0.3, -0.25) is 19.6 Å². The number of rotatable bonds is 2. The van der Waals surface area contributed by atoms with Gasteiger partial charge in [0, 0.05) is 49.6 Å². The minimum absolute atomic E-state index is 0.0539. The number of hydrogen-bond acceptors (Lipinski definition) is 4. The first-order valence-electron chi connectivity index (χ1n) is 10.1. The van der Waals surface area contributed by atoms with E-state index < -0.39 is 0 Å². The van der Waals surface area contributed by atoms with Crippen molar-refractivity contribution in [3.8, 4) is 0 Å². The number of aryl methyl sites for hydroxylation is 2. The number of carbonyl (C=O) groups excluding carboxylic acids is 1. The largest absolute Gasteiger partial charge is 0.338 e. The monoisotopic (exact) mass is 391 g/mol. The fraction of sp³-hybridized carbons (Fsp3) is 0.409. The van der Waals surface area contributed by atoms with E-state index in [2.05, 4.69) is 53.2 Å². The highest BCUT2D eigenvalue weighted by atomic mass is 16.2. The van der Waals surface area contributed by atoms with Gasteiger partial charge in [0.15, 0.2) is 5.65 Å². The topological polar surface area (TPSA) is 73.7 Å². The number of likely N-dealkylation sites (tertiary alicyclic amines) is 2. The second-order valence-corrected chi connectivity index (χ2v) is 8.46. The van der Waals surface area contributed by atoms with Crippen LogP contribution in [0.3, 0.4) is 0 Å². The van der Waals surface area contributed by atoms with Gasteiger partial charge in [-0.1, -0.05) is 24.3 Å². The average molecular weight is 391 g/mol. The summed E-state index contributed by atoms with van der Waals surface area (Å²) in [5.41, 5.74) is 3.93. The van der Waals surface area contributed by atoms with Crippen LogP contribution in [0.2, 0.25) is 0 Å². The van der Waals surface area contributed by atoms with Gasteiger partial charge in [0.2, 0.25) is 0 Å². The van der Waals surface area contributed by atoms with Crippen LogP contribution in [-0.4, -0.2) is 57.0 Å². The van der Waals surface area contributed by atoms with Crippen LogP contribution in [0.15, 0.2) is 41.3 Å². The van der Waals surface area contributed by atoms with Crippen LogP contribution in [0.5, 0.6) is 0 Å². The molecule has 150 valence electrons. The van der Waals surface area contributed by atoms with Crippen molar-refractivity contribution < 1.29 is 4.79 Å². The molecule has 0 saturated carbocycles. The van der Waals surface area contributed by atoms with E-state index in [1.165, 1.54) is 21.7 Å². The normalized spacial score (nSPS) is 24.4. The minimum atomic E-state index is -0.203. The zero-order valence-corrected chi connectivity index (χ0v) is 16.9. The first-order chi connectivity index (χ1) is 13.9. The number of aromatic amines is 1. The van der Waals surface area contributed by atoms with Crippen LogP contribution >= 0.6 is 0 Å². The lowest BCUT2D eigenvalue weighted by atomic mass is 9.88. The molecule has 5 rings (SSSR count). The molecule has 4 heterocycles. The van der Waals surface area contributed by atoms with Gasteiger partial charge < -0.3 is 4.90 Å². The van der Waals surface area contributed by atoms with Gasteiger partial charge in [-0.05, 0) is 37.9 Å².